The number of aromatic nitrogens is 2. The summed E-state index contributed by atoms with van der Waals surface area (Å²) >= 11 is 1.12. The van der Waals surface area contributed by atoms with Gasteiger partial charge in [0.05, 0.1) is 37.5 Å². The monoisotopic (exact) mass is 630 g/mol. The predicted octanol–water partition coefficient (Wildman–Crippen LogP) is 5.96. The van der Waals surface area contributed by atoms with E-state index in [4.69, 9.17) is 18.9 Å². The van der Waals surface area contributed by atoms with Crippen molar-refractivity contribution in [3.63, 3.8) is 0 Å². The Bertz CT molecular complexity index is 1810. The van der Waals surface area contributed by atoms with Crippen molar-refractivity contribution < 1.29 is 37.3 Å². The highest BCUT2D eigenvalue weighted by atomic mass is 32.2. The van der Waals surface area contributed by atoms with Gasteiger partial charge in [0.25, 0.3) is 0 Å². The number of hydrogen-bond donors (Lipinski definition) is 0. The molecule has 230 valence electrons. The fraction of sp³-hybridized carbons (Fsp3) is 0.235. The first-order valence-corrected chi connectivity index (χ1v) is 15.2. The van der Waals surface area contributed by atoms with Gasteiger partial charge in [-0.15, -0.1) is 0 Å². The molecular formula is C34H28F2N2O6S. The third-order valence-corrected chi connectivity index (χ3v) is 8.23. The van der Waals surface area contributed by atoms with Crippen molar-refractivity contribution in [2.45, 2.75) is 22.8 Å². The molecule has 0 atom stereocenters. The minimum Gasteiger partial charge on any atom is -0.487 e. The lowest BCUT2D eigenvalue weighted by Crippen LogP contribution is -2.18. The van der Waals surface area contributed by atoms with E-state index in [2.05, 4.69) is 9.97 Å². The zero-order valence-electron chi connectivity index (χ0n) is 24.1. The summed E-state index contributed by atoms with van der Waals surface area (Å²) in [4.78, 5) is 35.3. The second kappa shape index (κ2) is 14.1. The second-order valence-electron chi connectivity index (χ2n) is 10.2. The van der Waals surface area contributed by atoms with Crippen LogP contribution >= 0.6 is 11.8 Å². The highest BCUT2D eigenvalue weighted by Gasteiger charge is 2.25. The van der Waals surface area contributed by atoms with Crippen LogP contribution in [0.2, 0.25) is 0 Å². The molecule has 0 saturated carbocycles. The third kappa shape index (κ3) is 7.28. The molecule has 0 fully saturated rings. The molecule has 0 N–H and O–H groups in total. The predicted molar refractivity (Wildman–Crippen MR) is 163 cm³/mol. The van der Waals surface area contributed by atoms with Crippen molar-refractivity contribution in [1.29, 1.82) is 0 Å². The standard InChI is InChI=1S/C34H28F2N2O6S/c35-23-7-5-22(6-8-23)24-2-1-3-25(33(24)40)29(39)17-21-4-9-32(27(36)16-21)45-34-26-18-30-31(19-28(26)37-20-38-34)44-15-13-42-11-10-41-12-14-43-30/h2-9,16,18-20H,1,10-15,17H2. The highest BCUT2D eigenvalue weighted by Crippen LogP contribution is 2.38. The van der Waals surface area contributed by atoms with Gasteiger partial charge >= 0.3 is 0 Å². The molecule has 2 heterocycles. The largest absolute Gasteiger partial charge is 0.487 e. The van der Waals surface area contributed by atoms with Crippen molar-refractivity contribution in [3.8, 4) is 11.5 Å². The Morgan fingerprint density at radius 2 is 1.53 bits per heavy atom. The average molecular weight is 631 g/mol. The molecular weight excluding hydrogens is 602 g/mol. The summed E-state index contributed by atoms with van der Waals surface area (Å²) in [6.45, 7) is 2.35. The van der Waals surface area contributed by atoms with Crippen molar-refractivity contribution in [1.82, 2.24) is 9.97 Å². The topological polar surface area (TPSA) is 96.8 Å². The summed E-state index contributed by atoms with van der Waals surface area (Å²) in [6, 6.07) is 13.6. The van der Waals surface area contributed by atoms with E-state index in [9.17, 15) is 14.0 Å². The summed E-state index contributed by atoms with van der Waals surface area (Å²) in [5, 5.41) is 1.17. The van der Waals surface area contributed by atoms with Crippen molar-refractivity contribution in [2.75, 3.05) is 39.6 Å². The Morgan fingerprint density at radius 1 is 0.822 bits per heavy atom. The summed E-state index contributed by atoms with van der Waals surface area (Å²) in [5.74, 6) is -0.794. The first-order valence-electron chi connectivity index (χ1n) is 14.4. The number of nitrogens with zero attached hydrogens (tertiary/aromatic N) is 2. The quantitative estimate of drug-likeness (QED) is 0.189. The number of ether oxygens (including phenoxy) is 4. The molecule has 0 saturated heterocycles. The molecule has 1 aromatic heterocycles. The summed E-state index contributed by atoms with van der Waals surface area (Å²) in [5.41, 5.74) is 1.95. The molecule has 0 spiro atoms. The highest BCUT2D eigenvalue weighted by molar-refractivity contribution is 7.99. The van der Waals surface area contributed by atoms with Gasteiger partial charge < -0.3 is 18.9 Å². The van der Waals surface area contributed by atoms with Crippen LogP contribution in [0.15, 0.2) is 88.6 Å². The molecule has 4 aromatic rings. The fourth-order valence-electron chi connectivity index (χ4n) is 4.96. The van der Waals surface area contributed by atoms with E-state index in [0.29, 0.717) is 95.1 Å². The Morgan fingerprint density at radius 3 is 2.27 bits per heavy atom. The van der Waals surface area contributed by atoms with Crippen LogP contribution in [0.5, 0.6) is 11.5 Å². The van der Waals surface area contributed by atoms with Gasteiger partial charge in [-0.05, 0) is 47.9 Å². The molecule has 11 heteroatoms. The van der Waals surface area contributed by atoms with Crippen LogP contribution < -0.4 is 9.47 Å². The van der Waals surface area contributed by atoms with Gasteiger partial charge in [0.15, 0.2) is 23.1 Å². The van der Waals surface area contributed by atoms with Gasteiger partial charge in [-0.3, -0.25) is 9.59 Å². The van der Waals surface area contributed by atoms with E-state index in [1.807, 2.05) is 0 Å². The van der Waals surface area contributed by atoms with Crippen LogP contribution in [0, 0.1) is 11.6 Å². The van der Waals surface area contributed by atoms with E-state index < -0.39 is 23.2 Å². The van der Waals surface area contributed by atoms with Gasteiger partial charge in [0, 0.05) is 28.3 Å². The van der Waals surface area contributed by atoms with E-state index >= 15 is 4.39 Å². The lowest BCUT2D eigenvalue weighted by Gasteiger charge is -2.16. The number of hydrogen-bond acceptors (Lipinski definition) is 9. The van der Waals surface area contributed by atoms with E-state index in [1.54, 1.807) is 36.4 Å². The molecule has 1 aliphatic carbocycles. The summed E-state index contributed by atoms with van der Waals surface area (Å²) in [6.07, 6.45) is 4.92. The number of Topliss-reactive ketones (excluding diaryl/α,β-unsaturated/α-hetero) is 2. The Labute approximate surface area is 262 Å². The van der Waals surface area contributed by atoms with E-state index in [-0.39, 0.29) is 12.0 Å². The van der Waals surface area contributed by atoms with Crippen molar-refractivity contribution >= 4 is 39.8 Å². The normalized spacial score (nSPS) is 15.9. The van der Waals surface area contributed by atoms with E-state index in [1.165, 1.54) is 36.7 Å². The summed E-state index contributed by atoms with van der Waals surface area (Å²) in [7, 11) is 0. The first-order chi connectivity index (χ1) is 22.0. The molecule has 6 rings (SSSR count). The second-order valence-corrected chi connectivity index (χ2v) is 11.2. The van der Waals surface area contributed by atoms with Gasteiger partial charge in [0.1, 0.15) is 36.2 Å². The molecule has 0 unspecified atom stereocenters. The number of allylic oxidation sites excluding steroid dienone is 4. The minimum atomic E-state index is -0.532. The SMILES string of the molecule is O=C(Cc1ccc(Sc2ncnc3cc4c(cc23)OCCOCCOCCO4)c(F)c1)C1=CCC=C(c2ccc(F)cc2)C1=O. The molecule has 1 aliphatic heterocycles. The zero-order valence-corrected chi connectivity index (χ0v) is 24.9. The van der Waals surface area contributed by atoms with Crippen LogP contribution in [0.1, 0.15) is 17.5 Å². The van der Waals surface area contributed by atoms with Crippen LogP contribution in [0.25, 0.3) is 16.5 Å². The molecule has 8 nitrogen and oxygen atoms in total. The smallest absolute Gasteiger partial charge is 0.196 e. The number of fused-ring (bicyclic) bond motifs is 2. The number of ketones is 2. The van der Waals surface area contributed by atoms with Gasteiger partial charge in [-0.2, -0.15) is 0 Å². The maximum absolute atomic E-state index is 15.4. The zero-order chi connectivity index (χ0) is 31.2. The van der Waals surface area contributed by atoms with Gasteiger partial charge in [-0.1, -0.05) is 42.1 Å². The molecule has 0 bridgehead atoms. The Hall–Kier alpha value is -4.45. The van der Waals surface area contributed by atoms with Crippen molar-refractivity contribution in [2.24, 2.45) is 0 Å². The number of halogens is 2. The lowest BCUT2D eigenvalue weighted by atomic mass is 9.88. The van der Waals surface area contributed by atoms with Crippen LogP contribution in [-0.2, 0) is 25.5 Å². The summed E-state index contributed by atoms with van der Waals surface area (Å²) < 4.78 is 51.6. The fourth-order valence-corrected chi connectivity index (χ4v) is 5.83. The van der Waals surface area contributed by atoms with Crippen LogP contribution in [0.4, 0.5) is 8.78 Å². The number of benzene rings is 3. The van der Waals surface area contributed by atoms with Gasteiger partial charge in [0.2, 0.25) is 0 Å². The van der Waals surface area contributed by atoms with E-state index in [0.717, 1.165) is 11.8 Å². The molecule has 2 aliphatic rings. The molecule has 0 radical (unpaired) electrons. The maximum atomic E-state index is 15.4. The van der Waals surface area contributed by atoms with Crippen molar-refractivity contribution in [3.05, 3.63) is 101 Å². The number of carbonyl (C=O) groups is 2. The molecule has 0 amide bonds. The maximum Gasteiger partial charge on any atom is 0.196 e. The van der Waals surface area contributed by atoms with Gasteiger partial charge in [-0.25, -0.2) is 18.7 Å². The minimum absolute atomic E-state index is 0.0424. The average Bonchev–Trinajstić information content (AvgIpc) is 3.03. The first kappa shape index (κ1) is 30.6. The van der Waals surface area contributed by atoms with Crippen LogP contribution in [-0.4, -0.2) is 61.2 Å². The lowest BCUT2D eigenvalue weighted by molar-refractivity contribution is -0.118. The number of rotatable bonds is 6. The third-order valence-electron chi connectivity index (χ3n) is 7.16. The Kier molecular flexibility index (Phi) is 9.58. The number of carbonyl (C=O) groups excluding carboxylic acids is 2. The Balaban J connectivity index is 1.17. The molecule has 45 heavy (non-hydrogen) atoms. The molecule has 3 aromatic carbocycles. The van der Waals surface area contributed by atoms with Crippen LogP contribution in [0.3, 0.4) is 0 Å².